The molecule has 10 heavy (non-hydrogen) atoms. The zero-order valence-corrected chi connectivity index (χ0v) is 6.47. The van der Waals surface area contributed by atoms with Gasteiger partial charge in [-0.1, -0.05) is 19.8 Å². The van der Waals surface area contributed by atoms with Crippen LogP contribution >= 0.6 is 0 Å². The Kier molecular flexibility index (Phi) is 3.13. The Labute approximate surface area is 62.3 Å². The Morgan fingerprint density at radius 1 is 1.50 bits per heavy atom. The van der Waals surface area contributed by atoms with Gasteiger partial charge in [-0.15, -0.1) is 0 Å². The zero-order chi connectivity index (χ0) is 7.23. The fourth-order valence-electron chi connectivity index (χ4n) is 1.05. The lowest BCUT2D eigenvalue weighted by molar-refractivity contribution is 0.140. The van der Waals surface area contributed by atoms with E-state index in [4.69, 9.17) is 4.74 Å². The molecule has 0 aliphatic carbocycles. The first-order valence-electron chi connectivity index (χ1n) is 4.00. The van der Waals surface area contributed by atoms with Gasteiger partial charge in [0.1, 0.15) is 6.26 Å². The van der Waals surface area contributed by atoms with E-state index in [1.54, 1.807) is 6.26 Å². The Morgan fingerprint density at radius 2 is 2.40 bits per heavy atom. The summed E-state index contributed by atoms with van der Waals surface area (Å²) in [5, 5.41) is 3.11. The largest absolute Gasteiger partial charge is 0.477 e. The van der Waals surface area contributed by atoms with Gasteiger partial charge in [0.2, 0.25) is 0 Å². The van der Waals surface area contributed by atoms with E-state index in [2.05, 4.69) is 12.2 Å². The molecule has 1 rings (SSSR count). The normalized spacial score (nSPS) is 22.3. The molecule has 0 saturated carbocycles. The molecule has 2 nitrogen and oxygen atoms in total. The summed E-state index contributed by atoms with van der Waals surface area (Å²) in [6, 6.07) is 0. The second-order valence-corrected chi connectivity index (χ2v) is 2.59. The predicted octanol–water partition coefficient (Wildman–Crippen LogP) is 1.98. The van der Waals surface area contributed by atoms with Crippen LogP contribution < -0.4 is 5.32 Å². The lowest BCUT2D eigenvalue weighted by Gasteiger charge is -2.09. The molecule has 1 atom stereocenters. The van der Waals surface area contributed by atoms with Gasteiger partial charge in [0, 0.05) is 12.6 Å². The molecule has 0 saturated heterocycles. The minimum Gasteiger partial charge on any atom is -0.477 e. The number of ether oxygens (including phenoxy) is 1. The Bertz CT molecular complexity index is 104. The van der Waals surface area contributed by atoms with E-state index in [0.717, 1.165) is 6.42 Å². The number of unbranched alkanes of at least 4 members (excludes halogenated alkanes) is 2. The molecule has 1 aliphatic heterocycles. The van der Waals surface area contributed by atoms with Crippen LogP contribution in [0.5, 0.6) is 0 Å². The molecule has 0 radical (unpaired) electrons. The molecule has 1 unspecified atom stereocenters. The molecular formula is C8H15NO. The molecule has 0 spiro atoms. The fraction of sp³-hybridized carbons (Fsp3) is 0.750. The van der Waals surface area contributed by atoms with Crippen LogP contribution in [-0.2, 0) is 4.74 Å². The predicted molar refractivity (Wildman–Crippen MR) is 41.3 cm³/mol. The average Bonchev–Trinajstić information content (AvgIpc) is 2.41. The summed E-state index contributed by atoms with van der Waals surface area (Å²) in [4.78, 5) is 0. The van der Waals surface area contributed by atoms with Crippen molar-refractivity contribution in [2.24, 2.45) is 0 Å². The first-order valence-corrected chi connectivity index (χ1v) is 4.00. The maximum atomic E-state index is 5.21. The fourth-order valence-corrected chi connectivity index (χ4v) is 1.05. The van der Waals surface area contributed by atoms with Crippen LogP contribution in [0.25, 0.3) is 0 Å². The van der Waals surface area contributed by atoms with Crippen molar-refractivity contribution < 1.29 is 4.74 Å². The zero-order valence-electron chi connectivity index (χ0n) is 6.47. The van der Waals surface area contributed by atoms with Gasteiger partial charge in [-0.25, -0.2) is 0 Å². The number of nitrogens with one attached hydrogen (secondary N) is 1. The summed E-state index contributed by atoms with van der Waals surface area (Å²) < 4.78 is 5.21. The van der Waals surface area contributed by atoms with Gasteiger partial charge in [0.25, 0.3) is 0 Å². The lowest BCUT2D eigenvalue weighted by atomic mass is 10.2. The Hall–Kier alpha value is -0.660. The summed E-state index contributed by atoms with van der Waals surface area (Å²) in [7, 11) is 0. The Balaban J connectivity index is 1.93. The quantitative estimate of drug-likeness (QED) is 0.604. The van der Waals surface area contributed by atoms with Gasteiger partial charge in [0.15, 0.2) is 6.23 Å². The minimum absolute atomic E-state index is 0.256. The number of hydrogen-bond donors (Lipinski definition) is 1. The summed E-state index contributed by atoms with van der Waals surface area (Å²) in [5.41, 5.74) is 0. The molecule has 0 bridgehead atoms. The molecule has 2 heteroatoms. The summed E-state index contributed by atoms with van der Waals surface area (Å²) >= 11 is 0. The van der Waals surface area contributed by atoms with Crippen molar-refractivity contribution in [1.29, 1.82) is 0 Å². The van der Waals surface area contributed by atoms with Crippen LogP contribution in [-0.4, -0.2) is 6.23 Å². The third kappa shape index (κ3) is 2.29. The van der Waals surface area contributed by atoms with E-state index in [0.29, 0.717) is 0 Å². The van der Waals surface area contributed by atoms with Crippen LogP contribution in [0.3, 0.4) is 0 Å². The van der Waals surface area contributed by atoms with E-state index in [1.807, 2.05) is 6.20 Å². The smallest absolute Gasteiger partial charge is 0.168 e. The van der Waals surface area contributed by atoms with Crippen molar-refractivity contribution in [2.75, 3.05) is 0 Å². The highest BCUT2D eigenvalue weighted by atomic mass is 16.5. The van der Waals surface area contributed by atoms with Gasteiger partial charge >= 0.3 is 0 Å². The molecule has 1 aliphatic rings. The molecule has 58 valence electrons. The van der Waals surface area contributed by atoms with Crippen LogP contribution in [0, 0.1) is 0 Å². The van der Waals surface area contributed by atoms with Crippen LogP contribution in [0.1, 0.15) is 32.6 Å². The topological polar surface area (TPSA) is 21.3 Å². The third-order valence-corrected chi connectivity index (χ3v) is 1.66. The van der Waals surface area contributed by atoms with E-state index in [1.165, 1.54) is 19.3 Å². The molecule has 0 amide bonds. The second-order valence-electron chi connectivity index (χ2n) is 2.59. The highest BCUT2D eigenvalue weighted by Gasteiger charge is 2.07. The second kappa shape index (κ2) is 4.20. The number of rotatable bonds is 4. The van der Waals surface area contributed by atoms with E-state index >= 15 is 0 Å². The molecule has 0 fully saturated rings. The minimum atomic E-state index is 0.256. The van der Waals surface area contributed by atoms with E-state index in [-0.39, 0.29) is 6.23 Å². The standard InChI is InChI=1S/C8H15NO/c1-2-3-4-5-8-9-6-7-10-8/h6-9H,2-5H2,1H3. The van der Waals surface area contributed by atoms with Crippen LogP contribution in [0.4, 0.5) is 0 Å². The summed E-state index contributed by atoms with van der Waals surface area (Å²) in [6.45, 7) is 2.21. The first-order chi connectivity index (χ1) is 4.93. The SMILES string of the molecule is CCCCCC1NC=CO1. The molecule has 0 aromatic heterocycles. The monoisotopic (exact) mass is 141 g/mol. The van der Waals surface area contributed by atoms with Gasteiger partial charge < -0.3 is 10.1 Å². The van der Waals surface area contributed by atoms with Crippen molar-refractivity contribution in [3.63, 3.8) is 0 Å². The van der Waals surface area contributed by atoms with Crippen molar-refractivity contribution in [1.82, 2.24) is 5.32 Å². The molecule has 1 heterocycles. The molecule has 0 aromatic rings. The van der Waals surface area contributed by atoms with E-state index in [9.17, 15) is 0 Å². The molecular weight excluding hydrogens is 126 g/mol. The number of hydrogen-bond acceptors (Lipinski definition) is 2. The summed E-state index contributed by atoms with van der Waals surface area (Å²) in [6.07, 6.45) is 8.80. The van der Waals surface area contributed by atoms with Gasteiger partial charge in [0.05, 0.1) is 0 Å². The van der Waals surface area contributed by atoms with Crippen molar-refractivity contribution in [3.05, 3.63) is 12.5 Å². The van der Waals surface area contributed by atoms with E-state index < -0.39 is 0 Å². The van der Waals surface area contributed by atoms with Gasteiger partial charge in [-0.2, -0.15) is 0 Å². The van der Waals surface area contributed by atoms with Crippen LogP contribution in [0.15, 0.2) is 12.5 Å². The van der Waals surface area contributed by atoms with Gasteiger partial charge in [-0.05, 0) is 6.42 Å². The van der Waals surface area contributed by atoms with Gasteiger partial charge in [-0.3, -0.25) is 0 Å². The molecule has 0 aromatic carbocycles. The maximum absolute atomic E-state index is 5.21. The molecule has 1 N–H and O–H groups in total. The maximum Gasteiger partial charge on any atom is 0.168 e. The van der Waals surface area contributed by atoms with Crippen molar-refractivity contribution >= 4 is 0 Å². The highest BCUT2D eigenvalue weighted by Crippen LogP contribution is 2.07. The van der Waals surface area contributed by atoms with Crippen LogP contribution in [0.2, 0.25) is 0 Å². The summed E-state index contributed by atoms with van der Waals surface area (Å²) in [5.74, 6) is 0. The first kappa shape index (κ1) is 7.45. The lowest BCUT2D eigenvalue weighted by Crippen LogP contribution is -2.20. The average molecular weight is 141 g/mol. The highest BCUT2D eigenvalue weighted by molar-refractivity contribution is 4.81. The Morgan fingerprint density at radius 3 is 3.00 bits per heavy atom. The van der Waals surface area contributed by atoms with Crippen molar-refractivity contribution in [2.45, 2.75) is 38.8 Å². The van der Waals surface area contributed by atoms with Crippen molar-refractivity contribution in [3.8, 4) is 0 Å². The third-order valence-electron chi connectivity index (χ3n) is 1.66.